The van der Waals surface area contributed by atoms with Gasteiger partial charge in [0.1, 0.15) is 29.7 Å². The van der Waals surface area contributed by atoms with Crippen LogP contribution in [0.2, 0.25) is 0 Å². The van der Waals surface area contributed by atoms with Gasteiger partial charge in [0.05, 0.1) is 45.7 Å². The van der Waals surface area contributed by atoms with E-state index in [-0.39, 0.29) is 12.0 Å². The van der Waals surface area contributed by atoms with Crippen molar-refractivity contribution in [2.24, 2.45) is 0 Å². The highest BCUT2D eigenvalue weighted by molar-refractivity contribution is 7.00. The number of fused-ring (bicyclic) bond motifs is 1. The molecule has 1 aromatic heterocycles. The first kappa shape index (κ1) is 36.5. The normalized spacial score (nSPS) is 14.9. The Morgan fingerprint density at radius 2 is 1.38 bits per heavy atom. The van der Waals surface area contributed by atoms with Crippen LogP contribution in [0.4, 0.5) is 0 Å². The maximum Gasteiger partial charge on any atom is 0.342 e. The Morgan fingerprint density at radius 1 is 0.717 bits per heavy atom. The van der Waals surface area contributed by atoms with Crippen LogP contribution in [-0.2, 0) is 28.3 Å². The molecule has 0 radical (unpaired) electrons. The molecule has 270 valence electrons. The number of aldehydes is 1. The van der Waals surface area contributed by atoms with Crippen LogP contribution in [0.1, 0.15) is 32.6 Å². The van der Waals surface area contributed by atoms with Crippen molar-refractivity contribution in [1.82, 2.24) is 8.75 Å². The van der Waals surface area contributed by atoms with Gasteiger partial charge in [0, 0.05) is 23.1 Å². The van der Waals surface area contributed by atoms with Crippen molar-refractivity contribution in [1.29, 1.82) is 0 Å². The lowest BCUT2D eigenvalue weighted by molar-refractivity contribution is -0.185. The number of nitrogens with zero attached hydrogens (tertiary/aromatic N) is 2. The highest BCUT2D eigenvalue weighted by atomic mass is 32.1. The molecule has 1 unspecified atom stereocenters. The van der Waals surface area contributed by atoms with E-state index < -0.39 is 11.8 Å². The number of aliphatic hydroxyl groups is 1. The summed E-state index contributed by atoms with van der Waals surface area (Å²) in [5, 5.41) is 12.1. The van der Waals surface area contributed by atoms with E-state index in [2.05, 4.69) is 8.75 Å². The Kier molecular flexibility index (Phi) is 11.3. The predicted molar refractivity (Wildman–Crippen MR) is 200 cm³/mol. The van der Waals surface area contributed by atoms with Crippen molar-refractivity contribution >= 4 is 40.6 Å². The van der Waals surface area contributed by atoms with Gasteiger partial charge in [0.15, 0.2) is 23.0 Å². The third kappa shape index (κ3) is 7.98. The summed E-state index contributed by atoms with van der Waals surface area (Å²) < 4.78 is 41.1. The second-order valence-corrected chi connectivity index (χ2v) is 12.3. The smallest absolute Gasteiger partial charge is 0.342 e. The van der Waals surface area contributed by atoms with Crippen molar-refractivity contribution in [3.8, 4) is 28.7 Å². The summed E-state index contributed by atoms with van der Waals surface area (Å²) >= 11 is 1.10. The molecular formula is C41H36N2O9S. The van der Waals surface area contributed by atoms with E-state index in [0.717, 1.165) is 34.7 Å². The lowest BCUT2D eigenvalue weighted by Crippen LogP contribution is -2.29. The Hall–Kier alpha value is -6.24. The minimum Gasteiger partial charge on any atom is -0.493 e. The van der Waals surface area contributed by atoms with E-state index in [1.807, 2.05) is 42.5 Å². The predicted octanol–water partition coefficient (Wildman–Crippen LogP) is 7.20. The van der Waals surface area contributed by atoms with Crippen molar-refractivity contribution in [2.45, 2.75) is 18.8 Å². The summed E-state index contributed by atoms with van der Waals surface area (Å²) in [6, 6.07) is 32.6. The zero-order chi connectivity index (χ0) is 37.4. The highest BCUT2D eigenvalue weighted by Gasteiger charge is 2.48. The van der Waals surface area contributed by atoms with Crippen molar-refractivity contribution in [3.63, 3.8) is 0 Å². The molecular weight excluding hydrogens is 697 g/mol. The summed E-state index contributed by atoms with van der Waals surface area (Å²) in [6.45, 7) is 0.405. The lowest BCUT2D eigenvalue weighted by atomic mass is 9.88. The number of methoxy groups -OCH3 is 4. The summed E-state index contributed by atoms with van der Waals surface area (Å²) in [5.41, 5.74) is 5.47. The zero-order valence-electron chi connectivity index (χ0n) is 29.4. The fourth-order valence-corrected chi connectivity index (χ4v) is 6.37. The molecule has 2 heterocycles. The van der Waals surface area contributed by atoms with Crippen LogP contribution in [0.15, 0.2) is 115 Å². The number of ether oxygens (including phenoxy) is 6. The molecule has 0 amide bonds. The fourth-order valence-electron chi connectivity index (χ4n) is 5.85. The van der Waals surface area contributed by atoms with Crippen LogP contribution in [0.3, 0.4) is 0 Å². The van der Waals surface area contributed by atoms with Crippen LogP contribution in [0.25, 0.3) is 16.6 Å². The van der Waals surface area contributed by atoms with Gasteiger partial charge >= 0.3 is 5.97 Å². The first-order valence-corrected chi connectivity index (χ1v) is 17.1. The van der Waals surface area contributed by atoms with Gasteiger partial charge in [-0.15, -0.1) is 0 Å². The molecule has 1 N–H and O–H groups in total. The van der Waals surface area contributed by atoms with Gasteiger partial charge in [-0.1, -0.05) is 42.5 Å². The van der Waals surface area contributed by atoms with Crippen LogP contribution in [0, 0.1) is 0 Å². The average molecular weight is 733 g/mol. The van der Waals surface area contributed by atoms with Gasteiger partial charge < -0.3 is 33.5 Å². The zero-order valence-corrected chi connectivity index (χ0v) is 30.2. The molecule has 0 saturated heterocycles. The first-order chi connectivity index (χ1) is 25.8. The monoisotopic (exact) mass is 732 g/mol. The molecule has 1 aliphatic heterocycles. The number of cyclic esters (lactones) is 1. The molecule has 53 heavy (non-hydrogen) atoms. The van der Waals surface area contributed by atoms with Crippen LogP contribution in [-0.4, -0.2) is 54.5 Å². The Balaban J connectivity index is 0.000000342. The summed E-state index contributed by atoms with van der Waals surface area (Å²) in [5.74, 6) is 0.299. The SMILES string of the molecule is COc1ccc(C=O)cc1OC.COc1ccc(CC2=C(c3ccc4nsnc4c3)C(=O)OC2(O)c2ccc(OCc3ccccc3)cc2)cc1OC. The van der Waals surface area contributed by atoms with E-state index in [9.17, 15) is 14.7 Å². The van der Waals surface area contributed by atoms with Gasteiger partial charge in [0.2, 0.25) is 0 Å². The van der Waals surface area contributed by atoms with E-state index in [4.69, 9.17) is 28.4 Å². The molecule has 11 nitrogen and oxygen atoms in total. The Bertz CT molecular complexity index is 2250. The number of aromatic nitrogens is 2. The molecule has 6 aromatic rings. The first-order valence-electron chi connectivity index (χ1n) is 16.4. The summed E-state index contributed by atoms with van der Waals surface area (Å²) in [7, 11) is 6.21. The van der Waals surface area contributed by atoms with E-state index in [1.165, 1.54) is 7.11 Å². The standard InChI is InChI=1S/C32H26N2O6S.C9H10O3/c1-37-28-15-8-21(17-29(28)38-2)16-25-30(22-9-14-26-27(18-22)34-41-33-26)31(35)40-32(25,36)23-10-12-24(13-11-23)39-19-20-6-4-3-5-7-20;1-11-8-4-3-7(6-10)5-9(8)12-2/h3-15,17-18,36H,16,19H2,1-2H3;3-6H,1-2H3. The molecule has 12 heteroatoms. The maximum absolute atomic E-state index is 13.4. The third-order valence-corrected chi connectivity index (χ3v) is 9.12. The van der Waals surface area contributed by atoms with Gasteiger partial charge in [-0.3, -0.25) is 4.79 Å². The van der Waals surface area contributed by atoms with Crippen molar-refractivity contribution < 1.29 is 43.1 Å². The lowest BCUT2D eigenvalue weighted by Gasteiger charge is -2.26. The number of rotatable bonds is 12. The minimum absolute atomic E-state index is 0.206. The molecule has 0 bridgehead atoms. The molecule has 0 aliphatic carbocycles. The molecule has 1 atom stereocenters. The van der Waals surface area contributed by atoms with E-state index in [1.54, 1.807) is 88.1 Å². The molecule has 7 rings (SSSR count). The van der Waals surface area contributed by atoms with Gasteiger partial charge in [-0.05, 0) is 83.4 Å². The minimum atomic E-state index is -2.01. The summed E-state index contributed by atoms with van der Waals surface area (Å²) in [6.07, 6.45) is 0.972. The van der Waals surface area contributed by atoms with E-state index in [0.29, 0.717) is 63.1 Å². The average Bonchev–Trinajstić information content (AvgIpc) is 3.78. The van der Waals surface area contributed by atoms with Crippen LogP contribution < -0.4 is 23.7 Å². The molecule has 0 saturated carbocycles. The van der Waals surface area contributed by atoms with Crippen LogP contribution in [0.5, 0.6) is 28.7 Å². The summed E-state index contributed by atoms with van der Waals surface area (Å²) in [4.78, 5) is 23.8. The van der Waals surface area contributed by atoms with Gasteiger partial charge in [-0.2, -0.15) is 8.75 Å². The number of benzene rings is 5. The highest BCUT2D eigenvalue weighted by Crippen LogP contribution is 2.46. The number of esters is 1. The molecule has 1 aliphatic rings. The second kappa shape index (κ2) is 16.4. The quantitative estimate of drug-likeness (QED) is 0.101. The topological polar surface area (TPSA) is 136 Å². The number of carbonyl (C=O) groups excluding carboxylic acids is 2. The fraction of sp³-hybridized carbons (Fsp3) is 0.171. The van der Waals surface area contributed by atoms with Crippen molar-refractivity contribution in [2.75, 3.05) is 28.4 Å². The number of hydrogen-bond donors (Lipinski definition) is 1. The van der Waals surface area contributed by atoms with Gasteiger partial charge in [0.25, 0.3) is 5.79 Å². The van der Waals surface area contributed by atoms with E-state index >= 15 is 0 Å². The van der Waals surface area contributed by atoms with Gasteiger partial charge in [-0.25, -0.2) is 4.79 Å². The Morgan fingerprint density at radius 3 is 2.06 bits per heavy atom. The molecule has 0 spiro atoms. The maximum atomic E-state index is 13.4. The molecule has 0 fully saturated rings. The van der Waals surface area contributed by atoms with Crippen molar-refractivity contribution in [3.05, 3.63) is 143 Å². The number of hydrogen-bond acceptors (Lipinski definition) is 12. The molecule has 5 aromatic carbocycles. The number of carbonyl (C=O) groups is 2. The Labute approximate surface area is 310 Å². The largest absolute Gasteiger partial charge is 0.493 e. The van der Waals surface area contributed by atoms with Crippen LogP contribution >= 0.6 is 11.7 Å². The second-order valence-electron chi connectivity index (χ2n) is 11.8. The third-order valence-electron chi connectivity index (χ3n) is 8.56.